The molecule has 0 aliphatic carbocycles. The Hall–Kier alpha value is -1.88. The first-order chi connectivity index (χ1) is 7.65. The monoisotopic (exact) mass is 224 g/mol. The SMILES string of the molecule is CCOOc1ccccc1C(=O)OC(C)=O. The van der Waals surface area contributed by atoms with Gasteiger partial charge in [-0.25, -0.2) is 4.79 Å². The standard InChI is InChI=1S/C11H12O5/c1-3-14-16-10-7-5-4-6-9(10)11(13)15-8(2)12/h4-7H,3H2,1-2H3. The van der Waals surface area contributed by atoms with Crippen LogP contribution in [0.15, 0.2) is 24.3 Å². The van der Waals surface area contributed by atoms with Crippen molar-refractivity contribution < 1.29 is 24.1 Å². The molecule has 1 rings (SSSR count). The Morgan fingerprint density at radius 2 is 1.94 bits per heavy atom. The van der Waals surface area contributed by atoms with Crippen LogP contribution < -0.4 is 4.89 Å². The molecular weight excluding hydrogens is 212 g/mol. The molecule has 5 nitrogen and oxygen atoms in total. The van der Waals surface area contributed by atoms with Crippen molar-refractivity contribution in [3.05, 3.63) is 29.8 Å². The number of carbonyl (C=O) groups excluding carboxylic acids is 2. The van der Waals surface area contributed by atoms with E-state index in [1.165, 1.54) is 6.07 Å². The lowest BCUT2D eigenvalue weighted by Crippen LogP contribution is -2.11. The van der Waals surface area contributed by atoms with Gasteiger partial charge in [0.25, 0.3) is 0 Å². The number of rotatable bonds is 4. The highest BCUT2D eigenvalue weighted by Gasteiger charge is 2.15. The van der Waals surface area contributed by atoms with E-state index >= 15 is 0 Å². The highest BCUT2D eigenvalue weighted by molar-refractivity contribution is 5.98. The van der Waals surface area contributed by atoms with Gasteiger partial charge in [-0.15, -0.1) is 0 Å². The van der Waals surface area contributed by atoms with Gasteiger partial charge in [0.15, 0.2) is 5.75 Å². The van der Waals surface area contributed by atoms with Gasteiger partial charge in [0.1, 0.15) is 5.56 Å². The molecule has 0 radical (unpaired) electrons. The van der Waals surface area contributed by atoms with Crippen molar-refractivity contribution in [3.8, 4) is 5.75 Å². The topological polar surface area (TPSA) is 61.8 Å². The molecule has 0 amide bonds. The highest BCUT2D eigenvalue weighted by Crippen LogP contribution is 2.19. The second kappa shape index (κ2) is 5.87. The number of benzene rings is 1. The van der Waals surface area contributed by atoms with Gasteiger partial charge >= 0.3 is 11.9 Å². The van der Waals surface area contributed by atoms with Crippen molar-refractivity contribution in [3.63, 3.8) is 0 Å². The Morgan fingerprint density at radius 3 is 2.56 bits per heavy atom. The van der Waals surface area contributed by atoms with Crippen molar-refractivity contribution in [2.75, 3.05) is 6.61 Å². The summed E-state index contributed by atoms with van der Waals surface area (Å²) in [5, 5.41) is 0. The molecule has 1 aromatic rings. The van der Waals surface area contributed by atoms with Crippen LogP contribution in [0.3, 0.4) is 0 Å². The van der Waals surface area contributed by atoms with E-state index in [2.05, 4.69) is 4.74 Å². The van der Waals surface area contributed by atoms with Gasteiger partial charge < -0.3 is 9.62 Å². The maximum absolute atomic E-state index is 11.5. The molecule has 86 valence electrons. The third-order valence-electron chi connectivity index (χ3n) is 1.61. The van der Waals surface area contributed by atoms with E-state index < -0.39 is 11.9 Å². The predicted octanol–water partition coefficient (Wildman–Crippen LogP) is 1.72. The van der Waals surface area contributed by atoms with Crippen LogP contribution in [-0.4, -0.2) is 18.5 Å². The van der Waals surface area contributed by atoms with E-state index in [1.807, 2.05) is 0 Å². The van der Waals surface area contributed by atoms with Crippen LogP contribution in [0.1, 0.15) is 24.2 Å². The van der Waals surface area contributed by atoms with Crippen LogP contribution in [0, 0.1) is 0 Å². The average Bonchev–Trinajstić information content (AvgIpc) is 2.25. The fraction of sp³-hybridized carbons (Fsp3) is 0.273. The molecule has 0 aliphatic heterocycles. The van der Waals surface area contributed by atoms with E-state index in [0.29, 0.717) is 6.61 Å². The zero-order valence-electron chi connectivity index (χ0n) is 9.06. The Morgan fingerprint density at radius 1 is 1.25 bits per heavy atom. The summed E-state index contributed by atoms with van der Waals surface area (Å²) < 4.78 is 4.44. The maximum Gasteiger partial charge on any atom is 0.349 e. The molecule has 0 unspecified atom stereocenters. The van der Waals surface area contributed by atoms with Crippen molar-refractivity contribution >= 4 is 11.9 Å². The van der Waals surface area contributed by atoms with Crippen LogP contribution in [0.5, 0.6) is 5.75 Å². The van der Waals surface area contributed by atoms with E-state index in [4.69, 9.17) is 9.78 Å². The lowest BCUT2D eigenvalue weighted by atomic mass is 10.2. The second-order valence-electron chi connectivity index (χ2n) is 2.87. The summed E-state index contributed by atoms with van der Waals surface area (Å²) in [4.78, 5) is 31.7. The molecule has 0 fully saturated rings. The van der Waals surface area contributed by atoms with Gasteiger partial charge in [-0.1, -0.05) is 12.1 Å². The fourth-order valence-corrected chi connectivity index (χ4v) is 1.02. The molecule has 0 saturated carbocycles. The molecule has 0 saturated heterocycles. The molecule has 0 atom stereocenters. The summed E-state index contributed by atoms with van der Waals surface area (Å²) in [5.41, 5.74) is 0.145. The Bertz CT molecular complexity index is 386. The van der Waals surface area contributed by atoms with Gasteiger partial charge in [-0.2, -0.15) is 4.89 Å². The molecule has 5 heteroatoms. The lowest BCUT2D eigenvalue weighted by Gasteiger charge is -2.07. The predicted molar refractivity (Wildman–Crippen MR) is 54.8 cm³/mol. The molecule has 0 N–H and O–H groups in total. The molecule has 0 spiro atoms. The van der Waals surface area contributed by atoms with Crippen LogP contribution in [-0.2, 0) is 14.4 Å². The third-order valence-corrected chi connectivity index (χ3v) is 1.61. The minimum atomic E-state index is -0.761. The first-order valence-electron chi connectivity index (χ1n) is 4.76. The van der Waals surface area contributed by atoms with Crippen molar-refractivity contribution in [1.82, 2.24) is 0 Å². The molecule has 0 aliphatic rings. The van der Waals surface area contributed by atoms with Crippen LogP contribution in [0.2, 0.25) is 0 Å². The van der Waals surface area contributed by atoms with Gasteiger partial charge in [0.05, 0.1) is 6.61 Å². The Labute approximate surface area is 92.8 Å². The minimum Gasteiger partial charge on any atom is -0.390 e. The van der Waals surface area contributed by atoms with E-state index in [9.17, 15) is 9.59 Å². The summed E-state index contributed by atoms with van der Waals surface area (Å²) in [5.74, 6) is -1.21. The molecule has 1 aromatic carbocycles. The maximum atomic E-state index is 11.5. The van der Waals surface area contributed by atoms with Crippen LogP contribution in [0.25, 0.3) is 0 Å². The molecule has 0 bridgehead atoms. The number of hydrogen-bond donors (Lipinski definition) is 0. The zero-order chi connectivity index (χ0) is 12.0. The smallest absolute Gasteiger partial charge is 0.349 e. The van der Waals surface area contributed by atoms with Crippen molar-refractivity contribution in [2.24, 2.45) is 0 Å². The summed E-state index contributed by atoms with van der Waals surface area (Å²) in [6, 6.07) is 6.35. The first kappa shape index (κ1) is 12.2. The van der Waals surface area contributed by atoms with E-state index in [1.54, 1.807) is 25.1 Å². The zero-order valence-corrected chi connectivity index (χ0v) is 9.06. The van der Waals surface area contributed by atoms with Crippen molar-refractivity contribution in [2.45, 2.75) is 13.8 Å². The van der Waals surface area contributed by atoms with Gasteiger partial charge in [0.2, 0.25) is 0 Å². The van der Waals surface area contributed by atoms with Gasteiger partial charge in [0, 0.05) is 6.92 Å². The largest absolute Gasteiger partial charge is 0.390 e. The minimum absolute atomic E-state index is 0.145. The molecule has 16 heavy (non-hydrogen) atoms. The number of para-hydroxylation sites is 1. The van der Waals surface area contributed by atoms with E-state index in [-0.39, 0.29) is 11.3 Å². The lowest BCUT2D eigenvalue weighted by molar-refractivity contribution is -0.202. The summed E-state index contributed by atoms with van der Waals surface area (Å²) in [6.45, 7) is 3.25. The Balaban J connectivity index is 2.85. The summed E-state index contributed by atoms with van der Waals surface area (Å²) in [6.07, 6.45) is 0. The highest BCUT2D eigenvalue weighted by atomic mass is 17.2. The number of ether oxygens (including phenoxy) is 1. The molecular formula is C11H12O5. The third kappa shape index (κ3) is 3.36. The van der Waals surface area contributed by atoms with Crippen molar-refractivity contribution in [1.29, 1.82) is 0 Å². The molecule has 0 heterocycles. The quantitative estimate of drug-likeness (QED) is 0.337. The summed E-state index contributed by atoms with van der Waals surface area (Å²) >= 11 is 0. The van der Waals surface area contributed by atoms with Gasteiger partial charge in [-0.3, -0.25) is 4.79 Å². The second-order valence-corrected chi connectivity index (χ2v) is 2.87. The van der Waals surface area contributed by atoms with Crippen LogP contribution in [0.4, 0.5) is 0 Å². The first-order valence-corrected chi connectivity index (χ1v) is 4.76. The van der Waals surface area contributed by atoms with Gasteiger partial charge in [-0.05, 0) is 19.1 Å². The average molecular weight is 224 g/mol. The number of hydrogen-bond acceptors (Lipinski definition) is 5. The fourth-order valence-electron chi connectivity index (χ4n) is 1.02. The normalized spacial score (nSPS) is 9.62. The number of esters is 2. The number of carbonyl (C=O) groups is 2. The molecule has 0 aromatic heterocycles. The van der Waals surface area contributed by atoms with E-state index in [0.717, 1.165) is 6.92 Å². The van der Waals surface area contributed by atoms with Crippen LogP contribution >= 0.6 is 0 Å². The Kier molecular flexibility index (Phi) is 4.47. The summed E-state index contributed by atoms with van der Waals surface area (Å²) in [7, 11) is 0.